The highest BCUT2D eigenvalue weighted by atomic mass is 16.5. The second kappa shape index (κ2) is 7.84. The maximum atomic E-state index is 6.05. The van der Waals surface area contributed by atoms with Crippen molar-refractivity contribution in [3.05, 3.63) is 48.0 Å². The van der Waals surface area contributed by atoms with E-state index in [1.54, 1.807) is 0 Å². The number of rotatable bonds is 8. The van der Waals surface area contributed by atoms with E-state index in [0.717, 1.165) is 30.8 Å². The molecule has 0 aliphatic rings. The lowest BCUT2D eigenvalue weighted by Gasteiger charge is -2.19. The van der Waals surface area contributed by atoms with Crippen molar-refractivity contribution < 1.29 is 4.74 Å². The van der Waals surface area contributed by atoms with E-state index < -0.39 is 0 Å². The van der Waals surface area contributed by atoms with Crippen LogP contribution in [0.2, 0.25) is 0 Å². The van der Waals surface area contributed by atoms with Gasteiger partial charge in [0.1, 0.15) is 12.4 Å². The molecule has 0 radical (unpaired) electrons. The molecule has 0 fully saturated rings. The van der Waals surface area contributed by atoms with Gasteiger partial charge in [-0.1, -0.05) is 32.0 Å². The minimum atomic E-state index is 0.321. The molecule has 0 amide bonds. The molecule has 1 heterocycles. The highest BCUT2D eigenvalue weighted by Gasteiger charge is 2.12. The molecule has 4 heteroatoms. The smallest absolute Gasteiger partial charge is 0.130 e. The van der Waals surface area contributed by atoms with Gasteiger partial charge in [-0.25, -0.2) is 4.98 Å². The van der Waals surface area contributed by atoms with Crippen LogP contribution < -0.4 is 10.1 Å². The minimum Gasteiger partial charge on any atom is -0.487 e. The standard InChI is InChI=1S/C17H25N3O/c1-4-10-20-13-19-11-14(20)12-21-17-9-7-6-8-15(17)16(5-2)18-3/h6-9,11,13,16,18H,4-5,10,12H2,1-3H3. The number of hydrogen-bond acceptors (Lipinski definition) is 3. The zero-order valence-electron chi connectivity index (χ0n) is 13.2. The van der Waals surface area contributed by atoms with Gasteiger partial charge in [-0.05, 0) is 26.0 Å². The Bertz CT molecular complexity index is 546. The van der Waals surface area contributed by atoms with E-state index in [1.807, 2.05) is 31.7 Å². The monoisotopic (exact) mass is 287 g/mol. The third-order valence-electron chi connectivity index (χ3n) is 3.69. The molecule has 1 aromatic heterocycles. The van der Waals surface area contributed by atoms with Crippen molar-refractivity contribution in [3.8, 4) is 5.75 Å². The summed E-state index contributed by atoms with van der Waals surface area (Å²) in [6, 6.07) is 8.56. The second-order valence-electron chi connectivity index (χ2n) is 5.15. The fourth-order valence-corrected chi connectivity index (χ4v) is 2.54. The molecule has 0 saturated heterocycles. The van der Waals surface area contributed by atoms with E-state index in [1.165, 1.54) is 5.56 Å². The fourth-order valence-electron chi connectivity index (χ4n) is 2.54. The maximum Gasteiger partial charge on any atom is 0.130 e. The fraction of sp³-hybridized carbons (Fsp3) is 0.471. The van der Waals surface area contributed by atoms with Crippen LogP contribution in [0.5, 0.6) is 5.75 Å². The summed E-state index contributed by atoms with van der Waals surface area (Å²) in [4.78, 5) is 4.21. The van der Waals surface area contributed by atoms with Gasteiger partial charge >= 0.3 is 0 Å². The van der Waals surface area contributed by atoms with Gasteiger partial charge in [0.2, 0.25) is 0 Å². The van der Waals surface area contributed by atoms with Crippen molar-refractivity contribution >= 4 is 0 Å². The molecule has 114 valence electrons. The van der Waals surface area contributed by atoms with Gasteiger partial charge in [-0.2, -0.15) is 0 Å². The number of nitrogens with one attached hydrogen (secondary N) is 1. The predicted molar refractivity (Wildman–Crippen MR) is 85.4 cm³/mol. The highest BCUT2D eigenvalue weighted by molar-refractivity contribution is 5.36. The van der Waals surface area contributed by atoms with Crippen molar-refractivity contribution in [2.24, 2.45) is 0 Å². The summed E-state index contributed by atoms with van der Waals surface area (Å²) >= 11 is 0. The first-order valence-corrected chi connectivity index (χ1v) is 7.68. The Morgan fingerprint density at radius 3 is 2.81 bits per heavy atom. The maximum absolute atomic E-state index is 6.05. The summed E-state index contributed by atoms with van der Waals surface area (Å²) in [6.07, 6.45) is 5.88. The van der Waals surface area contributed by atoms with E-state index in [0.29, 0.717) is 12.6 Å². The molecule has 0 spiro atoms. The van der Waals surface area contributed by atoms with Gasteiger partial charge in [-0.15, -0.1) is 0 Å². The predicted octanol–water partition coefficient (Wildman–Crippen LogP) is 3.54. The first-order valence-electron chi connectivity index (χ1n) is 7.68. The molecule has 21 heavy (non-hydrogen) atoms. The van der Waals surface area contributed by atoms with Gasteiger partial charge in [-0.3, -0.25) is 0 Å². The average Bonchev–Trinajstić information content (AvgIpc) is 2.95. The second-order valence-corrected chi connectivity index (χ2v) is 5.15. The molecule has 2 rings (SSSR count). The van der Waals surface area contributed by atoms with Gasteiger partial charge < -0.3 is 14.6 Å². The average molecular weight is 287 g/mol. The Morgan fingerprint density at radius 2 is 2.10 bits per heavy atom. The lowest BCUT2D eigenvalue weighted by molar-refractivity contribution is 0.288. The van der Waals surface area contributed by atoms with Crippen LogP contribution in [-0.4, -0.2) is 16.6 Å². The minimum absolute atomic E-state index is 0.321. The topological polar surface area (TPSA) is 39.1 Å². The molecule has 1 atom stereocenters. The van der Waals surface area contributed by atoms with Crippen LogP contribution in [0, 0.1) is 0 Å². The highest BCUT2D eigenvalue weighted by Crippen LogP contribution is 2.27. The van der Waals surface area contributed by atoms with Crippen LogP contribution in [0.1, 0.15) is 44.0 Å². The van der Waals surface area contributed by atoms with Gasteiger partial charge in [0.05, 0.1) is 18.2 Å². The molecule has 1 N–H and O–H groups in total. The lowest BCUT2D eigenvalue weighted by atomic mass is 10.0. The van der Waals surface area contributed by atoms with Crippen molar-refractivity contribution in [2.75, 3.05) is 7.05 Å². The Balaban J connectivity index is 2.11. The summed E-state index contributed by atoms with van der Waals surface area (Å²) in [7, 11) is 1.99. The van der Waals surface area contributed by atoms with Crippen LogP contribution in [0.3, 0.4) is 0 Å². The van der Waals surface area contributed by atoms with Gasteiger partial charge in [0.25, 0.3) is 0 Å². The summed E-state index contributed by atoms with van der Waals surface area (Å²) in [6.45, 7) is 5.87. The Labute approximate surface area is 127 Å². The van der Waals surface area contributed by atoms with Crippen molar-refractivity contribution in [3.63, 3.8) is 0 Å². The molecule has 0 saturated carbocycles. The van der Waals surface area contributed by atoms with Crippen LogP contribution in [0.15, 0.2) is 36.8 Å². The molecule has 0 aliphatic heterocycles. The summed E-state index contributed by atoms with van der Waals surface area (Å²) < 4.78 is 8.20. The number of hydrogen-bond donors (Lipinski definition) is 1. The first-order chi connectivity index (χ1) is 10.3. The summed E-state index contributed by atoms with van der Waals surface area (Å²) in [5, 5.41) is 3.34. The largest absolute Gasteiger partial charge is 0.487 e. The zero-order valence-corrected chi connectivity index (χ0v) is 13.2. The summed E-state index contributed by atoms with van der Waals surface area (Å²) in [5.41, 5.74) is 2.33. The number of ether oxygens (including phenoxy) is 1. The third kappa shape index (κ3) is 3.85. The number of imidazole rings is 1. The molecule has 1 aromatic carbocycles. The third-order valence-corrected chi connectivity index (χ3v) is 3.69. The molecule has 1 unspecified atom stereocenters. The van der Waals surface area contributed by atoms with Crippen LogP contribution in [0.4, 0.5) is 0 Å². The zero-order chi connectivity index (χ0) is 15.1. The van der Waals surface area contributed by atoms with E-state index >= 15 is 0 Å². The van der Waals surface area contributed by atoms with Crippen molar-refractivity contribution in [1.82, 2.24) is 14.9 Å². The number of para-hydroxylation sites is 1. The van der Waals surface area contributed by atoms with Crippen molar-refractivity contribution in [2.45, 2.75) is 45.9 Å². The number of aryl methyl sites for hydroxylation is 1. The molecular weight excluding hydrogens is 262 g/mol. The van der Waals surface area contributed by atoms with Crippen LogP contribution in [0.25, 0.3) is 0 Å². The molecule has 2 aromatic rings. The van der Waals surface area contributed by atoms with Crippen molar-refractivity contribution in [1.29, 1.82) is 0 Å². The van der Waals surface area contributed by atoms with E-state index in [9.17, 15) is 0 Å². The van der Waals surface area contributed by atoms with Crippen LogP contribution >= 0.6 is 0 Å². The van der Waals surface area contributed by atoms with E-state index in [2.05, 4.69) is 40.8 Å². The number of aromatic nitrogens is 2. The number of nitrogens with zero attached hydrogens (tertiary/aromatic N) is 2. The molecule has 0 aliphatic carbocycles. The quantitative estimate of drug-likeness (QED) is 0.807. The Kier molecular flexibility index (Phi) is 5.81. The Hall–Kier alpha value is -1.81. The lowest BCUT2D eigenvalue weighted by Crippen LogP contribution is -2.16. The normalized spacial score (nSPS) is 12.3. The van der Waals surface area contributed by atoms with E-state index in [4.69, 9.17) is 4.74 Å². The van der Waals surface area contributed by atoms with Gasteiger partial charge in [0, 0.05) is 18.2 Å². The molecule has 0 bridgehead atoms. The Morgan fingerprint density at radius 1 is 1.29 bits per heavy atom. The van der Waals surface area contributed by atoms with Crippen LogP contribution in [-0.2, 0) is 13.2 Å². The van der Waals surface area contributed by atoms with Gasteiger partial charge in [0.15, 0.2) is 0 Å². The summed E-state index contributed by atoms with van der Waals surface area (Å²) in [5.74, 6) is 0.947. The number of benzene rings is 1. The molecule has 4 nitrogen and oxygen atoms in total. The first kappa shape index (κ1) is 15.6. The SMILES string of the molecule is CCCn1cncc1COc1ccccc1C(CC)NC. The molecular formula is C17H25N3O. The van der Waals surface area contributed by atoms with E-state index in [-0.39, 0.29) is 0 Å².